The quantitative estimate of drug-likeness (QED) is 0.111. The Hall–Kier alpha value is -4.86. The molecule has 0 aliphatic rings. The largest absolute Gasteiger partial charge is 0.393 e. The summed E-state index contributed by atoms with van der Waals surface area (Å²) in [5, 5.41) is 36.6. The standard InChI is InChI=1S/C24H21N2.C20H13N2.C11H24O2.C5H12O2.2Ir/c1-15-9-16(2)12-19(11-15)23-24(20-13-17(3)10-18(4)14-20)26-22-8-6-5-7-21(22)25-23;1-3-9-15(10-4-1)19-20(16-11-5-2-6-12-16)22-18-14-8-7-13-17(18)21-19;1-10(2,3)8(12)7-9(13)11(4,5)6;1-4(6)3-5(2)7;;/h5-13H,1-4H3;1-11,13-14H;8-9,12-13H,7H2,1-6H3;4-7H,3H2,1-2H3;;/q2*-1;;;;. The van der Waals surface area contributed by atoms with Gasteiger partial charge in [0.1, 0.15) is 0 Å². The molecule has 2 aromatic heterocycles. The number of aromatic nitrogens is 4. The first kappa shape index (κ1) is 59.4. The summed E-state index contributed by atoms with van der Waals surface area (Å²) in [7, 11) is 0. The molecule has 4 unspecified atom stereocenters. The van der Waals surface area contributed by atoms with Gasteiger partial charge in [-0.1, -0.05) is 139 Å². The Bertz CT molecular complexity index is 2630. The van der Waals surface area contributed by atoms with Gasteiger partial charge in [-0.15, -0.1) is 70.8 Å². The first-order chi connectivity index (χ1) is 32.1. The van der Waals surface area contributed by atoms with E-state index < -0.39 is 12.2 Å². The average Bonchev–Trinajstić information content (AvgIpc) is 3.27. The summed E-state index contributed by atoms with van der Waals surface area (Å²) in [4.78, 5) is 19.6. The van der Waals surface area contributed by atoms with Crippen LogP contribution in [0, 0.1) is 50.7 Å². The van der Waals surface area contributed by atoms with Crippen LogP contribution in [-0.2, 0) is 40.2 Å². The van der Waals surface area contributed by atoms with Crippen LogP contribution in [0.15, 0.2) is 133 Å². The van der Waals surface area contributed by atoms with Crippen molar-refractivity contribution in [1.29, 1.82) is 0 Å². The molecule has 4 N–H and O–H groups in total. The van der Waals surface area contributed by atoms with E-state index in [-0.39, 0.29) is 63.2 Å². The molecule has 0 saturated heterocycles. The molecular weight excluding hydrogens is 1230 g/mol. The molecule has 8 aromatic rings. The molecule has 4 atom stereocenters. The molecule has 374 valence electrons. The Labute approximate surface area is 443 Å². The van der Waals surface area contributed by atoms with Crippen LogP contribution < -0.4 is 0 Å². The van der Waals surface area contributed by atoms with E-state index in [9.17, 15) is 10.2 Å². The van der Waals surface area contributed by atoms with Crippen molar-refractivity contribution in [1.82, 2.24) is 19.9 Å². The molecule has 70 heavy (non-hydrogen) atoms. The third-order valence-electron chi connectivity index (χ3n) is 11.2. The van der Waals surface area contributed by atoms with Crippen molar-refractivity contribution in [2.24, 2.45) is 10.8 Å². The molecule has 10 heteroatoms. The Kier molecular flexibility index (Phi) is 23.0. The molecule has 6 aromatic carbocycles. The molecule has 8 nitrogen and oxygen atoms in total. The molecule has 2 radical (unpaired) electrons. The molecule has 0 aliphatic carbocycles. The van der Waals surface area contributed by atoms with Crippen LogP contribution in [0.1, 0.15) is 90.5 Å². The fourth-order valence-corrected chi connectivity index (χ4v) is 7.46. The Morgan fingerprint density at radius 2 is 0.843 bits per heavy atom. The molecule has 0 amide bonds. The van der Waals surface area contributed by atoms with E-state index in [4.69, 9.17) is 30.1 Å². The van der Waals surface area contributed by atoms with Crippen LogP contribution in [0.5, 0.6) is 0 Å². The number of aliphatic hydroxyl groups excluding tert-OH is 4. The monoisotopic (exact) mass is 1300 g/mol. The maximum absolute atomic E-state index is 9.76. The number of fused-ring (bicyclic) bond motifs is 2. The van der Waals surface area contributed by atoms with Crippen LogP contribution in [0.2, 0.25) is 0 Å². The normalized spacial score (nSPS) is 12.8. The summed E-state index contributed by atoms with van der Waals surface area (Å²) < 4.78 is 0. The molecule has 0 fully saturated rings. The number of nitrogens with zero attached hydrogens (tertiary/aromatic N) is 4. The van der Waals surface area contributed by atoms with Gasteiger partial charge in [-0.3, -0.25) is 19.9 Å². The summed E-state index contributed by atoms with van der Waals surface area (Å²) >= 11 is 0. The predicted octanol–water partition coefficient (Wildman–Crippen LogP) is 13.1. The topological polar surface area (TPSA) is 132 Å². The summed E-state index contributed by atoms with van der Waals surface area (Å²) in [6.45, 7) is 23.6. The minimum Gasteiger partial charge on any atom is -0.393 e. The van der Waals surface area contributed by atoms with Crippen molar-refractivity contribution in [3.05, 3.63) is 168 Å². The molecule has 0 bridgehead atoms. The van der Waals surface area contributed by atoms with E-state index in [1.807, 2.05) is 133 Å². The number of aryl methyl sites for hydroxylation is 4. The van der Waals surface area contributed by atoms with Gasteiger partial charge in [0.25, 0.3) is 0 Å². The molecular formula is C60H70Ir2N4O4-2. The fourth-order valence-electron chi connectivity index (χ4n) is 7.46. The Morgan fingerprint density at radius 3 is 1.24 bits per heavy atom. The fraction of sp³-hybridized carbons (Fsp3) is 0.333. The average molecular weight is 1300 g/mol. The SMILES string of the molecule is CC(C)(C)C(O)CC(O)C(C)(C)C.CC(O)CC(C)O.Cc1[c-]c(-c2nc3ccccc3nc2-c2cc(C)cc(C)c2)cc(C)c1.[Ir].[Ir].[c-]1ccccc1-c1nc2ccccc2nc1-c1ccccc1. The van der Waals surface area contributed by atoms with Crippen molar-refractivity contribution in [3.8, 4) is 45.0 Å². The van der Waals surface area contributed by atoms with Gasteiger partial charge in [0.15, 0.2) is 0 Å². The second-order valence-electron chi connectivity index (χ2n) is 20.0. The Balaban J connectivity index is 0.000000267. The second-order valence-corrected chi connectivity index (χ2v) is 20.0. The minimum atomic E-state index is -0.443. The zero-order chi connectivity index (χ0) is 49.8. The molecule has 0 spiro atoms. The maximum Gasteiger partial charge on any atom is 0.0875 e. The molecule has 0 aliphatic heterocycles. The maximum atomic E-state index is 9.76. The van der Waals surface area contributed by atoms with E-state index >= 15 is 0 Å². The summed E-state index contributed by atoms with van der Waals surface area (Å²) in [6, 6.07) is 51.6. The Morgan fingerprint density at radius 1 is 0.443 bits per heavy atom. The summed E-state index contributed by atoms with van der Waals surface area (Å²) in [5.41, 5.74) is 15.8. The number of benzene rings is 6. The zero-order valence-electron chi connectivity index (χ0n) is 42.7. The van der Waals surface area contributed by atoms with E-state index in [0.29, 0.717) is 12.8 Å². The first-order valence-corrected chi connectivity index (χ1v) is 23.5. The van der Waals surface area contributed by atoms with Gasteiger partial charge in [-0.2, -0.15) is 0 Å². The number of aliphatic hydroxyl groups is 4. The third-order valence-corrected chi connectivity index (χ3v) is 11.2. The van der Waals surface area contributed by atoms with Crippen molar-refractivity contribution in [2.75, 3.05) is 0 Å². The van der Waals surface area contributed by atoms with Gasteiger partial charge in [0, 0.05) is 58.0 Å². The zero-order valence-corrected chi connectivity index (χ0v) is 47.5. The van der Waals surface area contributed by atoms with Crippen LogP contribution in [-0.4, -0.2) is 64.8 Å². The number of para-hydroxylation sites is 4. The van der Waals surface area contributed by atoms with Gasteiger partial charge >= 0.3 is 0 Å². The number of hydrogen-bond donors (Lipinski definition) is 4. The van der Waals surface area contributed by atoms with Gasteiger partial charge in [0.2, 0.25) is 0 Å². The second kappa shape index (κ2) is 27.1. The van der Waals surface area contributed by atoms with Crippen molar-refractivity contribution < 1.29 is 60.6 Å². The van der Waals surface area contributed by atoms with Gasteiger partial charge in [-0.25, -0.2) is 0 Å². The van der Waals surface area contributed by atoms with Crippen molar-refractivity contribution in [2.45, 2.75) is 120 Å². The van der Waals surface area contributed by atoms with Crippen molar-refractivity contribution >= 4 is 22.1 Å². The molecule has 8 rings (SSSR count). The van der Waals surface area contributed by atoms with Gasteiger partial charge in [0.05, 0.1) is 57.9 Å². The molecule has 2 heterocycles. The van der Waals surface area contributed by atoms with Crippen LogP contribution in [0.25, 0.3) is 67.1 Å². The van der Waals surface area contributed by atoms with Crippen molar-refractivity contribution in [3.63, 3.8) is 0 Å². The number of rotatable bonds is 8. The van der Waals surface area contributed by atoms with Crippen LogP contribution in [0.4, 0.5) is 0 Å². The van der Waals surface area contributed by atoms with E-state index in [0.717, 1.165) is 72.7 Å². The molecule has 0 saturated carbocycles. The van der Waals surface area contributed by atoms with Crippen LogP contribution in [0.3, 0.4) is 0 Å². The van der Waals surface area contributed by atoms with Gasteiger partial charge in [-0.05, 0) is 80.3 Å². The van der Waals surface area contributed by atoms with E-state index in [1.54, 1.807) is 13.8 Å². The van der Waals surface area contributed by atoms with E-state index in [1.165, 1.54) is 16.7 Å². The van der Waals surface area contributed by atoms with E-state index in [2.05, 4.69) is 82.3 Å². The first-order valence-electron chi connectivity index (χ1n) is 23.5. The summed E-state index contributed by atoms with van der Waals surface area (Å²) in [5.74, 6) is 0. The number of hydrogen-bond acceptors (Lipinski definition) is 8. The van der Waals surface area contributed by atoms with Gasteiger partial charge < -0.3 is 20.4 Å². The summed E-state index contributed by atoms with van der Waals surface area (Å²) in [6.07, 6.45) is -0.712. The predicted molar refractivity (Wildman–Crippen MR) is 281 cm³/mol. The van der Waals surface area contributed by atoms with Crippen LogP contribution >= 0.6 is 0 Å². The minimum absolute atomic E-state index is 0. The smallest absolute Gasteiger partial charge is 0.0875 e. The third kappa shape index (κ3) is 17.8.